The number of hydrogen-bond acceptors (Lipinski definition) is 10. The average Bonchev–Trinajstić information content (AvgIpc) is 3.46. The molecule has 0 bridgehead atoms. The Balaban J connectivity index is -0.0000000763. The van der Waals surface area contributed by atoms with Gasteiger partial charge in [0.2, 0.25) is 16.7 Å². The van der Waals surface area contributed by atoms with E-state index in [9.17, 15) is 13.6 Å². The van der Waals surface area contributed by atoms with E-state index < -0.39 is 28.7 Å². The first-order valence-corrected chi connectivity index (χ1v) is 10.0. The molecule has 1 aliphatic rings. The van der Waals surface area contributed by atoms with Crippen LogP contribution in [0.25, 0.3) is 0 Å². The van der Waals surface area contributed by atoms with E-state index in [2.05, 4.69) is 48.4 Å². The molecule has 0 heterocycles. The van der Waals surface area contributed by atoms with E-state index in [1.807, 2.05) is 0 Å². The fourth-order valence-corrected chi connectivity index (χ4v) is 1.55. The number of carbonyl (C=O) groups is 1. The molecule has 0 aromatic heterocycles. The number of esters is 1. The van der Waals surface area contributed by atoms with Crippen molar-refractivity contribution in [3.05, 3.63) is 24.9 Å². The monoisotopic (exact) mass is 564 g/mol. The van der Waals surface area contributed by atoms with Crippen LogP contribution in [0.15, 0.2) is 24.9 Å². The van der Waals surface area contributed by atoms with Gasteiger partial charge in [-0.3, -0.25) is 0 Å². The summed E-state index contributed by atoms with van der Waals surface area (Å²) in [5, 5.41) is 5.19. The summed E-state index contributed by atoms with van der Waals surface area (Å²) in [4.78, 5) is 9.81. The molecule has 1 rings (SSSR count). The van der Waals surface area contributed by atoms with Gasteiger partial charge in [0, 0.05) is 56.0 Å². The van der Waals surface area contributed by atoms with Gasteiger partial charge in [-0.25, -0.2) is 9.18 Å². The Kier molecular flexibility index (Phi) is 36.7. The van der Waals surface area contributed by atoms with Crippen molar-refractivity contribution in [3.63, 3.8) is 0 Å². The molecule has 1 fully saturated rings. The van der Waals surface area contributed by atoms with Gasteiger partial charge in [0.15, 0.2) is 0 Å². The quantitative estimate of drug-likeness (QED) is 0.150. The summed E-state index contributed by atoms with van der Waals surface area (Å²) in [7, 11) is 12.4. The van der Waals surface area contributed by atoms with Crippen LogP contribution in [0.2, 0.25) is 0 Å². The maximum Gasteiger partial charge on any atom is 0.366 e. The van der Waals surface area contributed by atoms with Crippen molar-refractivity contribution >= 4 is 29.2 Å². The molecule has 0 radical (unpaired) electrons. The van der Waals surface area contributed by atoms with Gasteiger partial charge in [-0.15, -0.1) is 11.6 Å². The lowest BCUT2D eigenvalue weighted by atomic mass is 10.6. The Morgan fingerprint density at radius 2 is 1.17 bits per heavy atom. The van der Waals surface area contributed by atoms with E-state index >= 15 is 0 Å². The molecule has 0 saturated heterocycles. The van der Waals surface area contributed by atoms with Crippen LogP contribution < -0.4 is 0 Å². The Labute approximate surface area is 218 Å². The van der Waals surface area contributed by atoms with Gasteiger partial charge < -0.3 is 43.0 Å². The lowest BCUT2D eigenvalue weighted by Crippen LogP contribution is -2.31. The molecule has 14 heteroatoms. The SMILES string of the molecule is C.C=C(F)C(=O)OC.C=C(OC)OC.CCl.CO.COC(C)(OC)OC.COC1(OC)CC1(F)Cl. The summed E-state index contributed by atoms with van der Waals surface area (Å²) >= 11 is 9.89. The molecule has 1 aliphatic carbocycles. The standard InChI is InChI=1S/C5H8ClFO2.C5H12O3.C4H5FO2.C4H8O2.CH3Cl.CH4O.CH4/c1-8-5(9-2)3-4(5,6)7;1-5(6-2,7-3)8-4;1-3(5)4(6)7-2;1-4(5-2)6-3;2*1-2;/h3H2,1-2H3;1-4H3;1H2,2H3;1H2,2-3H3;1H3;2H,1H3;1H4. The molecule has 1 saturated carbocycles. The maximum absolute atomic E-state index is 12.6. The van der Waals surface area contributed by atoms with Crippen LogP contribution in [-0.2, 0) is 42.7 Å². The van der Waals surface area contributed by atoms with Gasteiger partial charge in [-0.05, 0) is 6.58 Å². The fourth-order valence-electron chi connectivity index (χ4n) is 1.22. The predicted octanol–water partition coefficient (Wildman–Crippen LogP) is 4.38. The summed E-state index contributed by atoms with van der Waals surface area (Å²) in [6, 6.07) is 0. The van der Waals surface area contributed by atoms with Crippen molar-refractivity contribution in [2.24, 2.45) is 0 Å². The largest absolute Gasteiger partial charge is 0.469 e. The van der Waals surface area contributed by atoms with Crippen LogP contribution in [0.3, 0.4) is 0 Å². The van der Waals surface area contributed by atoms with Gasteiger partial charge in [0.05, 0.1) is 27.8 Å². The second-order valence-corrected chi connectivity index (χ2v) is 5.79. The molecule has 1 N–H and O–H groups in total. The minimum absolute atomic E-state index is 0. The Hall–Kier alpha value is -1.25. The highest BCUT2D eigenvalue weighted by Crippen LogP contribution is 2.57. The molecule has 1 atom stereocenters. The van der Waals surface area contributed by atoms with Crippen LogP contribution in [-0.4, -0.2) is 98.3 Å². The zero-order valence-electron chi connectivity index (χ0n) is 21.8. The molecule has 0 aromatic rings. The van der Waals surface area contributed by atoms with Crippen molar-refractivity contribution < 1.29 is 56.6 Å². The highest BCUT2D eigenvalue weighted by Gasteiger charge is 2.71. The van der Waals surface area contributed by atoms with Crippen molar-refractivity contribution in [1.82, 2.24) is 0 Å². The van der Waals surface area contributed by atoms with Crippen LogP contribution in [0, 0.1) is 0 Å². The molecule has 0 spiro atoms. The van der Waals surface area contributed by atoms with Crippen molar-refractivity contribution in [2.75, 3.05) is 70.4 Å². The Bertz CT molecular complexity index is 502. The van der Waals surface area contributed by atoms with Gasteiger partial charge >= 0.3 is 5.97 Å². The van der Waals surface area contributed by atoms with Gasteiger partial charge in [0.25, 0.3) is 11.9 Å². The number of alkyl halides is 3. The summed E-state index contributed by atoms with van der Waals surface area (Å²) < 4.78 is 60.7. The van der Waals surface area contributed by atoms with Crippen LogP contribution in [0.1, 0.15) is 20.8 Å². The van der Waals surface area contributed by atoms with Crippen LogP contribution in [0.5, 0.6) is 0 Å². The highest BCUT2D eigenvalue weighted by molar-refractivity contribution is 6.25. The lowest BCUT2D eigenvalue weighted by molar-refractivity contribution is -0.340. The molecule has 0 aliphatic heterocycles. The number of methoxy groups -OCH3 is 8. The van der Waals surface area contributed by atoms with E-state index in [4.69, 9.17) is 30.9 Å². The van der Waals surface area contributed by atoms with E-state index in [1.165, 1.54) is 56.2 Å². The third-order valence-electron chi connectivity index (χ3n) is 3.52. The summed E-state index contributed by atoms with van der Waals surface area (Å²) in [5.74, 6) is -3.79. The first-order valence-electron chi connectivity index (χ1n) is 8.91. The number of rotatable bonds is 8. The van der Waals surface area contributed by atoms with Crippen molar-refractivity contribution in [2.45, 2.75) is 37.7 Å². The van der Waals surface area contributed by atoms with E-state index in [0.717, 1.165) is 14.2 Å². The minimum atomic E-state index is -1.81. The van der Waals surface area contributed by atoms with Gasteiger partial charge in [-0.1, -0.05) is 25.6 Å². The summed E-state index contributed by atoms with van der Waals surface area (Å²) in [6.07, 6.45) is 1.58. The van der Waals surface area contributed by atoms with E-state index in [-0.39, 0.29) is 13.8 Å². The predicted molar refractivity (Wildman–Crippen MR) is 133 cm³/mol. The maximum atomic E-state index is 12.6. The molecule has 1 unspecified atom stereocenters. The summed E-state index contributed by atoms with van der Waals surface area (Å²) in [5.41, 5.74) is 0. The highest BCUT2D eigenvalue weighted by atomic mass is 35.5. The molecule has 0 amide bonds. The van der Waals surface area contributed by atoms with Gasteiger partial charge in [0.1, 0.15) is 0 Å². The molecular weight excluding hydrogens is 521 g/mol. The molecule has 10 nitrogen and oxygen atoms in total. The first kappa shape index (κ1) is 47.0. The molecule has 0 aromatic carbocycles. The normalized spacial score (nSPS) is 15.8. The van der Waals surface area contributed by atoms with E-state index in [1.54, 1.807) is 6.92 Å². The first-order chi connectivity index (χ1) is 15.7. The Morgan fingerprint density at radius 1 is 0.886 bits per heavy atom. The van der Waals surface area contributed by atoms with Gasteiger partial charge in [-0.2, -0.15) is 4.39 Å². The number of aliphatic hydroxyl groups is 1. The van der Waals surface area contributed by atoms with E-state index in [0.29, 0.717) is 5.95 Å². The smallest absolute Gasteiger partial charge is 0.366 e. The number of hydrogen-bond donors (Lipinski definition) is 1. The number of aliphatic hydroxyl groups excluding tert-OH is 1. The molecular formula is C21H44Cl2F2O10. The third kappa shape index (κ3) is 22.9. The zero-order chi connectivity index (χ0) is 28.6. The average molecular weight is 565 g/mol. The topological polar surface area (TPSA) is 111 Å². The lowest BCUT2D eigenvalue weighted by Gasteiger charge is -2.23. The number of ether oxygens (including phenoxy) is 8. The second-order valence-electron chi connectivity index (χ2n) is 5.19. The van der Waals surface area contributed by atoms with Crippen LogP contribution >= 0.6 is 23.2 Å². The Morgan fingerprint density at radius 3 is 1.17 bits per heavy atom. The summed E-state index contributed by atoms with van der Waals surface area (Å²) in [6.45, 7) is 7.72. The molecule has 35 heavy (non-hydrogen) atoms. The minimum Gasteiger partial charge on any atom is -0.469 e. The fraction of sp³-hybridized carbons (Fsp3) is 0.762. The number of carbonyl (C=O) groups excluding carboxylic acids is 1. The van der Waals surface area contributed by atoms with Crippen molar-refractivity contribution in [3.8, 4) is 0 Å². The molecule has 216 valence electrons. The van der Waals surface area contributed by atoms with Crippen LogP contribution in [0.4, 0.5) is 8.78 Å². The third-order valence-corrected chi connectivity index (χ3v) is 3.94. The zero-order valence-corrected chi connectivity index (χ0v) is 23.3. The second kappa shape index (κ2) is 27.3. The number of halogens is 4. The van der Waals surface area contributed by atoms with Crippen molar-refractivity contribution in [1.29, 1.82) is 0 Å².